The Kier molecular flexibility index (Phi) is 5.80. The summed E-state index contributed by atoms with van der Waals surface area (Å²) in [6.07, 6.45) is 4.04. The summed E-state index contributed by atoms with van der Waals surface area (Å²) in [5.41, 5.74) is 5.75. The van der Waals surface area contributed by atoms with Crippen LogP contribution in [0.3, 0.4) is 0 Å². The third-order valence-corrected chi connectivity index (χ3v) is 6.43. The lowest BCUT2D eigenvalue weighted by Crippen LogP contribution is -2.57. The number of piperidine rings is 1. The standard InChI is InChI=1S/C13H28N4O2S/c1-2-6-15-8-10-16(11-9-15)20(18,19)17-7-4-3-5-13(17)12-14/h13H,2-12,14H2,1H3. The number of rotatable bonds is 5. The van der Waals surface area contributed by atoms with Gasteiger partial charge >= 0.3 is 0 Å². The molecule has 0 bridgehead atoms. The van der Waals surface area contributed by atoms with Gasteiger partial charge in [-0.05, 0) is 25.8 Å². The van der Waals surface area contributed by atoms with Crippen LogP contribution >= 0.6 is 0 Å². The molecule has 0 aromatic heterocycles. The van der Waals surface area contributed by atoms with Crippen molar-refractivity contribution in [3.8, 4) is 0 Å². The van der Waals surface area contributed by atoms with Crippen molar-refractivity contribution in [3.05, 3.63) is 0 Å². The summed E-state index contributed by atoms with van der Waals surface area (Å²) in [6, 6.07) is -0.0116. The van der Waals surface area contributed by atoms with Gasteiger partial charge in [0.05, 0.1) is 0 Å². The second kappa shape index (κ2) is 7.17. The fourth-order valence-corrected chi connectivity index (χ4v) is 5.01. The molecule has 0 spiro atoms. The molecule has 20 heavy (non-hydrogen) atoms. The van der Waals surface area contributed by atoms with E-state index in [0.29, 0.717) is 26.2 Å². The predicted molar refractivity (Wildman–Crippen MR) is 80.6 cm³/mol. The first-order valence-electron chi connectivity index (χ1n) is 7.79. The van der Waals surface area contributed by atoms with E-state index in [4.69, 9.17) is 5.73 Å². The highest BCUT2D eigenvalue weighted by atomic mass is 32.2. The van der Waals surface area contributed by atoms with Gasteiger partial charge in [0.2, 0.25) is 0 Å². The average Bonchev–Trinajstić information content (AvgIpc) is 2.48. The van der Waals surface area contributed by atoms with E-state index in [1.165, 1.54) is 0 Å². The number of nitrogens with two attached hydrogens (primary N) is 1. The van der Waals surface area contributed by atoms with Gasteiger partial charge in [0.25, 0.3) is 10.2 Å². The van der Waals surface area contributed by atoms with Crippen molar-refractivity contribution in [2.45, 2.75) is 38.6 Å². The molecular weight excluding hydrogens is 276 g/mol. The van der Waals surface area contributed by atoms with Gasteiger partial charge in [-0.3, -0.25) is 0 Å². The number of hydrogen-bond acceptors (Lipinski definition) is 4. The van der Waals surface area contributed by atoms with Crippen molar-refractivity contribution in [1.29, 1.82) is 0 Å². The molecule has 118 valence electrons. The molecule has 0 amide bonds. The highest BCUT2D eigenvalue weighted by Gasteiger charge is 2.37. The minimum atomic E-state index is -3.32. The van der Waals surface area contributed by atoms with E-state index in [0.717, 1.165) is 45.3 Å². The monoisotopic (exact) mass is 304 g/mol. The number of piperazine rings is 1. The van der Waals surface area contributed by atoms with Crippen LogP contribution in [0.4, 0.5) is 0 Å². The maximum Gasteiger partial charge on any atom is 0.282 e. The molecule has 1 atom stereocenters. The fourth-order valence-electron chi connectivity index (χ4n) is 3.16. The molecule has 0 aromatic carbocycles. The highest BCUT2D eigenvalue weighted by Crippen LogP contribution is 2.22. The lowest BCUT2D eigenvalue weighted by molar-refractivity contribution is 0.171. The van der Waals surface area contributed by atoms with Gasteiger partial charge in [-0.2, -0.15) is 17.0 Å². The maximum absolute atomic E-state index is 12.8. The van der Waals surface area contributed by atoms with E-state index in [9.17, 15) is 8.42 Å². The Morgan fingerprint density at radius 1 is 1.10 bits per heavy atom. The van der Waals surface area contributed by atoms with Gasteiger partial charge < -0.3 is 10.6 Å². The van der Waals surface area contributed by atoms with Crippen LogP contribution in [0.2, 0.25) is 0 Å². The first kappa shape index (κ1) is 16.2. The van der Waals surface area contributed by atoms with E-state index in [2.05, 4.69) is 11.8 Å². The average molecular weight is 304 g/mol. The van der Waals surface area contributed by atoms with Gasteiger partial charge in [0, 0.05) is 45.3 Å². The molecule has 2 aliphatic rings. The molecule has 2 fully saturated rings. The van der Waals surface area contributed by atoms with E-state index >= 15 is 0 Å². The minimum absolute atomic E-state index is 0.0116. The molecule has 7 heteroatoms. The van der Waals surface area contributed by atoms with Crippen molar-refractivity contribution >= 4 is 10.2 Å². The van der Waals surface area contributed by atoms with Crippen molar-refractivity contribution in [2.75, 3.05) is 45.8 Å². The van der Waals surface area contributed by atoms with Crippen LogP contribution in [0.15, 0.2) is 0 Å². The Bertz CT molecular complexity index is 393. The first-order valence-corrected chi connectivity index (χ1v) is 9.18. The summed E-state index contributed by atoms with van der Waals surface area (Å²) in [5, 5.41) is 0. The summed E-state index contributed by atoms with van der Waals surface area (Å²) in [7, 11) is -3.32. The van der Waals surface area contributed by atoms with E-state index < -0.39 is 10.2 Å². The zero-order chi connectivity index (χ0) is 14.6. The Labute approximate surface area is 123 Å². The number of nitrogens with zero attached hydrogens (tertiary/aromatic N) is 3. The van der Waals surface area contributed by atoms with Crippen LogP contribution in [0.5, 0.6) is 0 Å². The van der Waals surface area contributed by atoms with Crippen LogP contribution < -0.4 is 5.73 Å². The molecule has 2 rings (SSSR count). The lowest BCUT2D eigenvalue weighted by Gasteiger charge is -2.40. The summed E-state index contributed by atoms with van der Waals surface area (Å²) in [6.45, 7) is 7.16. The molecule has 6 nitrogen and oxygen atoms in total. The summed E-state index contributed by atoms with van der Waals surface area (Å²) in [4.78, 5) is 2.34. The zero-order valence-electron chi connectivity index (χ0n) is 12.5. The third-order valence-electron chi connectivity index (χ3n) is 4.34. The molecular formula is C13H28N4O2S. The fraction of sp³-hybridized carbons (Fsp3) is 1.00. The second-order valence-corrected chi connectivity index (χ2v) is 7.63. The lowest BCUT2D eigenvalue weighted by atomic mass is 10.1. The SMILES string of the molecule is CCCN1CCN(S(=O)(=O)N2CCCCC2CN)CC1. The van der Waals surface area contributed by atoms with Crippen molar-refractivity contribution < 1.29 is 8.42 Å². The van der Waals surface area contributed by atoms with Gasteiger partial charge in [0.15, 0.2) is 0 Å². The molecule has 2 saturated heterocycles. The van der Waals surface area contributed by atoms with Gasteiger partial charge in [-0.1, -0.05) is 13.3 Å². The molecule has 0 saturated carbocycles. The summed E-state index contributed by atoms with van der Waals surface area (Å²) < 4.78 is 28.8. The van der Waals surface area contributed by atoms with Crippen LogP contribution in [-0.4, -0.2) is 73.8 Å². The molecule has 2 heterocycles. The van der Waals surface area contributed by atoms with Crippen LogP contribution in [0, 0.1) is 0 Å². The molecule has 2 aliphatic heterocycles. The molecule has 0 aromatic rings. The Balaban J connectivity index is 1.99. The topological polar surface area (TPSA) is 69.9 Å². The first-order chi connectivity index (χ1) is 9.59. The maximum atomic E-state index is 12.8. The van der Waals surface area contributed by atoms with Gasteiger partial charge in [-0.15, -0.1) is 0 Å². The highest BCUT2D eigenvalue weighted by molar-refractivity contribution is 7.86. The Morgan fingerprint density at radius 2 is 1.80 bits per heavy atom. The Morgan fingerprint density at radius 3 is 2.40 bits per heavy atom. The molecule has 0 aliphatic carbocycles. The third kappa shape index (κ3) is 3.51. The quantitative estimate of drug-likeness (QED) is 0.780. The Hall–Kier alpha value is -0.210. The smallest absolute Gasteiger partial charge is 0.282 e. The van der Waals surface area contributed by atoms with Crippen molar-refractivity contribution in [2.24, 2.45) is 5.73 Å². The van der Waals surface area contributed by atoms with Crippen molar-refractivity contribution in [3.63, 3.8) is 0 Å². The van der Waals surface area contributed by atoms with E-state index in [1.54, 1.807) is 8.61 Å². The molecule has 2 N–H and O–H groups in total. The van der Waals surface area contributed by atoms with E-state index in [1.807, 2.05) is 0 Å². The van der Waals surface area contributed by atoms with Crippen LogP contribution in [0.1, 0.15) is 32.6 Å². The van der Waals surface area contributed by atoms with Gasteiger partial charge in [-0.25, -0.2) is 0 Å². The second-order valence-electron chi connectivity index (χ2n) is 5.74. The zero-order valence-corrected chi connectivity index (χ0v) is 13.3. The molecule has 1 unspecified atom stereocenters. The summed E-state index contributed by atoms with van der Waals surface area (Å²) >= 11 is 0. The largest absolute Gasteiger partial charge is 0.329 e. The van der Waals surface area contributed by atoms with Gasteiger partial charge in [0.1, 0.15) is 0 Å². The summed E-state index contributed by atoms with van der Waals surface area (Å²) in [5.74, 6) is 0. The van der Waals surface area contributed by atoms with Crippen LogP contribution in [-0.2, 0) is 10.2 Å². The number of hydrogen-bond donors (Lipinski definition) is 1. The predicted octanol–water partition coefficient (Wildman–Crippen LogP) is 0.0720. The van der Waals surface area contributed by atoms with Crippen LogP contribution in [0.25, 0.3) is 0 Å². The van der Waals surface area contributed by atoms with Crippen molar-refractivity contribution in [1.82, 2.24) is 13.5 Å². The molecule has 0 radical (unpaired) electrons. The van der Waals surface area contributed by atoms with E-state index in [-0.39, 0.29) is 6.04 Å². The minimum Gasteiger partial charge on any atom is -0.329 e. The normalized spacial score (nSPS) is 27.8.